The standard InChI is InChI=1S/C35H28F6N2O7S/c36-34(37,38)33(47,35(39,40)41)21-9-11-22(12-10-21)42-31(45)30-24-14-13-23(51(48,49)16-15-44)17-20(24)18-43(30)32(46)50-19-29-27-7-3-1-5-25(27)26-6-2-4-8-28(26)29/h1-14,17,29-30,44,47H,15-16,18-19H2,(H,42,45). The van der Waals surface area contributed by atoms with E-state index in [4.69, 9.17) is 4.74 Å². The van der Waals surface area contributed by atoms with Crippen LogP contribution in [0.5, 0.6) is 0 Å². The Kier molecular flexibility index (Phi) is 9.14. The van der Waals surface area contributed by atoms with Gasteiger partial charge in [0.2, 0.25) is 0 Å². The molecule has 1 heterocycles. The Labute approximate surface area is 287 Å². The smallest absolute Gasteiger partial charge is 0.430 e. The van der Waals surface area contributed by atoms with Crippen LogP contribution in [-0.2, 0) is 31.5 Å². The number of carbonyl (C=O) groups excluding carboxylic acids is 2. The Hall–Kier alpha value is -4.93. The molecular weight excluding hydrogens is 706 g/mol. The predicted molar refractivity (Wildman–Crippen MR) is 170 cm³/mol. The van der Waals surface area contributed by atoms with E-state index in [2.05, 4.69) is 5.32 Å². The van der Waals surface area contributed by atoms with E-state index in [1.807, 2.05) is 48.5 Å². The number of nitrogens with one attached hydrogen (secondary N) is 1. The highest BCUT2D eigenvalue weighted by Gasteiger charge is 2.71. The Balaban J connectivity index is 1.28. The van der Waals surface area contributed by atoms with Crippen molar-refractivity contribution < 1.29 is 59.3 Å². The molecular formula is C35H28F6N2O7S. The minimum absolute atomic E-state index is 0.132. The summed E-state index contributed by atoms with van der Waals surface area (Å²) in [7, 11) is -3.94. The van der Waals surface area contributed by atoms with Crippen molar-refractivity contribution >= 4 is 27.5 Å². The molecule has 1 atom stereocenters. The summed E-state index contributed by atoms with van der Waals surface area (Å²) in [6.07, 6.45) is -13.2. The Morgan fingerprint density at radius 1 is 0.824 bits per heavy atom. The van der Waals surface area contributed by atoms with Crippen LogP contribution in [0.4, 0.5) is 36.8 Å². The molecule has 16 heteroatoms. The van der Waals surface area contributed by atoms with Gasteiger partial charge in [-0.3, -0.25) is 9.69 Å². The molecule has 1 aliphatic heterocycles. The lowest BCUT2D eigenvalue weighted by molar-refractivity contribution is -0.376. The minimum Gasteiger partial charge on any atom is -0.448 e. The predicted octanol–water partition coefficient (Wildman–Crippen LogP) is 6.21. The second-order valence-corrected chi connectivity index (χ2v) is 14.1. The zero-order chi connectivity index (χ0) is 36.9. The van der Waals surface area contributed by atoms with Crippen LogP contribution >= 0.6 is 0 Å². The van der Waals surface area contributed by atoms with Crippen molar-refractivity contribution in [2.45, 2.75) is 41.4 Å². The Morgan fingerprint density at radius 2 is 1.39 bits per heavy atom. The van der Waals surface area contributed by atoms with Gasteiger partial charge in [0.05, 0.1) is 23.8 Å². The lowest BCUT2D eigenvalue weighted by Crippen LogP contribution is -2.53. The number of ether oxygens (including phenoxy) is 1. The molecule has 3 N–H and O–H groups in total. The number of alkyl halides is 6. The number of aliphatic hydroxyl groups is 2. The lowest BCUT2D eigenvalue weighted by atomic mass is 9.92. The van der Waals surface area contributed by atoms with Gasteiger partial charge < -0.3 is 20.3 Å². The normalized spacial score (nSPS) is 16.0. The van der Waals surface area contributed by atoms with Gasteiger partial charge in [-0.15, -0.1) is 0 Å². The zero-order valence-electron chi connectivity index (χ0n) is 26.2. The van der Waals surface area contributed by atoms with Gasteiger partial charge in [0.15, 0.2) is 9.84 Å². The number of rotatable bonds is 8. The van der Waals surface area contributed by atoms with Crippen LogP contribution in [0.3, 0.4) is 0 Å². The van der Waals surface area contributed by atoms with Crippen molar-refractivity contribution in [3.8, 4) is 11.1 Å². The topological polar surface area (TPSA) is 133 Å². The van der Waals surface area contributed by atoms with E-state index in [9.17, 15) is 54.6 Å². The monoisotopic (exact) mass is 734 g/mol. The second kappa shape index (κ2) is 13.0. The maximum absolute atomic E-state index is 13.7. The second-order valence-electron chi connectivity index (χ2n) is 12.0. The van der Waals surface area contributed by atoms with Crippen LogP contribution in [0.15, 0.2) is 95.9 Å². The first-order chi connectivity index (χ1) is 24.0. The number of fused-ring (bicyclic) bond motifs is 4. The number of benzene rings is 4. The first-order valence-corrected chi connectivity index (χ1v) is 17.0. The fraction of sp³-hybridized carbons (Fsp3) is 0.257. The van der Waals surface area contributed by atoms with E-state index in [1.54, 1.807) is 0 Å². The van der Waals surface area contributed by atoms with E-state index in [1.165, 1.54) is 18.2 Å². The summed E-state index contributed by atoms with van der Waals surface area (Å²) < 4.78 is 111. The molecule has 1 unspecified atom stereocenters. The number of anilines is 1. The maximum atomic E-state index is 13.7. The summed E-state index contributed by atoms with van der Waals surface area (Å²) in [6.45, 7) is -1.08. The molecule has 0 radical (unpaired) electrons. The van der Waals surface area contributed by atoms with Crippen LogP contribution in [0.25, 0.3) is 11.1 Å². The summed E-state index contributed by atoms with van der Waals surface area (Å²) in [4.78, 5) is 28.3. The van der Waals surface area contributed by atoms with Crippen molar-refractivity contribution in [1.82, 2.24) is 4.90 Å². The van der Waals surface area contributed by atoms with Gasteiger partial charge in [-0.2, -0.15) is 26.3 Å². The summed E-state index contributed by atoms with van der Waals surface area (Å²) >= 11 is 0. The molecule has 0 saturated carbocycles. The molecule has 2 amide bonds. The molecule has 0 bridgehead atoms. The van der Waals surface area contributed by atoms with Gasteiger partial charge in [0, 0.05) is 17.2 Å². The van der Waals surface area contributed by atoms with Crippen molar-refractivity contribution in [3.63, 3.8) is 0 Å². The highest BCUT2D eigenvalue weighted by atomic mass is 32.2. The van der Waals surface area contributed by atoms with Gasteiger partial charge in [-0.1, -0.05) is 66.7 Å². The molecule has 0 spiro atoms. The average Bonchev–Trinajstić information content (AvgIpc) is 3.62. The third kappa shape index (κ3) is 6.31. The minimum atomic E-state index is -6.11. The van der Waals surface area contributed by atoms with Crippen molar-refractivity contribution in [1.29, 1.82) is 0 Å². The highest BCUT2D eigenvalue weighted by molar-refractivity contribution is 7.91. The van der Waals surface area contributed by atoms with Crippen molar-refractivity contribution in [3.05, 3.63) is 119 Å². The summed E-state index contributed by atoms with van der Waals surface area (Å²) in [5.74, 6) is -1.87. The van der Waals surface area contributed by atoms with Gasteiger partial charge in [-0.05, 0) is 57.6 Å². The molecule has 9 nitrogen and oxygen atoms in total. The quantitative estimate of drug-likeness (QED) is 0.184. The molecule has 51 heavy (non-hydrogen) atoms. The first kappa shape index (κ1) is 35.9. The molecule has 4 aromatic carbocycles. The van der Waals surface area contributed by atoms with E-state index in [-0.39, 0.29) is 40.8 Å². The number of amides is 2. The SMILES string of the molecule is O=C(Nc1ccc(C(O)(C(F)(F)F)C(F)(F)F)cc1)C1c2ccc(S(=O)(=O)CCO)cc2CN1C(=O)OCC1c2ccccc2-c2ccccc21. The van der Waals surface area contributed by atoms with Gasteiger partial charge in [0.25, 0.3) is 11.5 Å². The van der Waals surface area contributed by atoms with Crippen LogP contribution < -0.4 is 5.32 Å². The molecule has 0 aromatic heterocycles. The fourth-order valence-electron chi connectivity index (χ4n) is 6.48. The Bertz CT molecular complexity index is 2040. The number of hydrogen-bond donors (Lipinski definition) is 3. The number of nitrogens with zero attached hydrogens (tertiary/aromatic N) is 1. The summed E-state index contributed by atoms with van der Waals surface area (Å²) in [5.41, 5.74) is -2.80. The molecule has 268 valence electrons. The number of halogens is 6. The van der Waals surface area contributed by atoms with E-state index in [0.717, 1.165) is 39.3 Å². The average molecular weight is 735 g/mol. The van der Waals surface area contributed by atoms with Crippen molar-refractivity contribution in [2.75, 3.05) is 24.3 Å². The van der Waals surface area contributed by atoms with E-state index >= 15 is 0 Å². The molecule has 0 saturated heterocycles. The van der Waals surface area contributed by atoms with Gasteiger partial charge >= 0.3 is 18.4 Å². The number of hydrogen-bond acceptors (Lipinski definition) is 7. The molecule has 6 rings (SSSR count). The van der Waals surface area contributed by atoms with Crippen LogP contribution in [0.1, 0.15) is 39.8 Å². The van der Waals surface area contributed by atoms with Gasteiger partial charge in [-0.25, -0.2) is 13.2 Å². The maximum Gasteiger partial charge on any atom is 0.430 e. The van der Waals surface area contributed by atoms with E-state index in [0.29, 0.717) is 12.1 Å². The largest absolute Gasteiger partial charge is 0.448 e. The highest BCUT2D eigenvalue weighted by Crippen LogP contribution is 2.50. The molecule has 4 aromatic rings. The van der Waals surface area contributed by atoms with Crippen LogP contribution in [-0.4, -0.2) is 66.9 Å². The summed E-state index contributed by atoms with van der Waals surface area (Å²) in [5, 5.41) is 21.3. The number of sulfone groups is 1. The third-order valence-electron chi connectivity index (χ3n) is 8.99. The number of aliphatic hydroxyl groups excluding tert-OH is 1. The Morgan fingerprint density at radius 3 is 1.94 bits per heavy atom. The fourth-order valence-corrected chi connectivity index (χ4v) is 7.56. The first-order valence-electron chi connectivity index (χ1n) is 15.3. The molecule has 0 fully saturated rings. The van der Waals surface area contributed by atoms with Crippen LogP contribution in [0, 0.1) is 0 Å². The van der Waals surface area contributed by atoms with Crippen molar-refractivity contribution in [2.24, 2.45) is 0 Å². The summed E-state index contributed by atoms with van der Waals surface area (Å²) in [6, 6.07) is 19.6. The van der Waals surface area contributed by atoms with Gasteiger partial charge in [0.1, 0.15) is 12.6 Å². The van der Waals surface area contributed by atoms with E-state index < -0.39 is 63.8 Å². The zero-order valence-corrected chi connectivity index (χ0v) is 27.0. The third-order valence-corrected chi connectivity index (χ3v) is 10.7. The van der Waals surface area contributed by atoms with Crippen LogP contribution in [0.2, 0.25) is 0 Å². The molecule has 2 aliphatic rings. The molecule has 1 aliphatic carbocycles. The lowest BCUT2D eigenvalue weighted by Gasteiger charge is -2.32. The number of carbonyl (C=O) groups is 2.